The van der Waals surface area contributed by atoms with Crippen LogP contribution in [-0.2, 0) is 4.74 Å². The van der Waals surface area contributed by atoms with Crippen LogP contribution in [-0.4, -0.2) is 47.5 Å². The van der Waals surface area contributed by atoms with Crippen molar-refractivity contribution >= 4 is 39.4 Å². The van der Waals surface area contributed by atoms with E-state index in [1.54, 1.807) is 10.8 Å². The number of aliphatic hydroxyl groups excluding tert-OH is 2. The molecule has 0 saturated carbocycles. The van der Waals surface area contributed by atoms with Crippen LogP contribution in [0.5, 0.6) is 0 Å². The van der Waals surface area contributed by atoms with Crippen molar-refractivity contribution < 1.29 is 14.9 Å². The van der Waals surface area contributed by atoms with E-state index >= 15 is 0 Å². The molecule has 1 saturated heterocycles. The number of hydrogen-bond acceptors (Lipinski definition) is 7. The van der Waals surface area contributed by atoms with Crippen molar-refractivity contribution in [3.05, 3.63) is 18.1 Å². The van der Waals surface area contributed by atoms with Crippen molar-refractivity contribution in [1.29, 1.82) is 5.26 Å². The Kier molecular flexibility index (Phi) is 3.70. The van der Waals surface area contributed by atoms with E-state index in [1.807, 2.05) is 0 Å². The summed E-state index contributed by atoms with van der Waals surface area (Å²) in [5.74, 6) is 0.220. The van der Waals surface area contributed by atoms with Gasteiger partial charge in [-0.2, -0.15) is 5.26 Å². The van der Waals surface area contributed by atoms with Crippen LogP contribution in [0.1, 0.15) is 11.8 Å². The van der Waals surface area contributed by atoms with Gasteiger partial charge in [-0.05, 0) is 0 Å². The Morgan fingerprint density at radius 2 is 2.29 bits per heavy atom. The lowest BCUT2D eigenvalue weighted by Gasteiger charge is -2.16. The molecule has 0 unspecified atom stereocenters. The lowest BCUT2D eigenvalue weighted by atomic mass is 10.2. The highest BCUT2D eigenvalue weighted by Gasteiger charge is 2.43. The SMILES string of the molecule is N#Cc1cn([C@@H]2O[C@H](CO)[C@@H](O)[C@H]2I)c2ncnc(N)c12. The van der Waals surface area contributed by atoms with Crippen molar-refractivity contribution in [1.82, 2.24) is 14.5 Å². The second kappa shape index (κ2) is 5.38. The number of fused-ring (bicyclic) bond motifs is 1. The average Bonchev–Trinajstić information content (AvgIpc) is 2.99. The molecule has 0 aromatic carbocycles. The number of hydrogen-bond donors (Lipinski definition) is 3. The first-order chi connectivity index (χ1) is 10.1. The molecule has 0 aliphatic carbocycles. The standard InChI is InChI=1S/C12H12IN5O3/c13-8-9(20)6(3-19)21-12(8)18-2-5(1-14)7-10(15)16-4-17-11(7)18/h2,4,6,8-9,12,19-20H,3H2,(H2,15,16,17)/t6-,8-,9-,12-/m1/s1. The molecular formula is C12H12IN5O3. The van der Waals surface area contributed by atoms with E-state index in [4.69, 9.17) is 10.5 Å². The maximum atomic E-state index is 10.1. The van der Waals surface area contributed by atoms with Crippen LogP contribution in [0.25, 0.3) is 11.0 Å². The highest BCUT2D eigenvalue weighted by Crippen LogP contribution is 2.38. The molecule has 4 atom stereocenters. The predicted molar refractivity (Wildman–Crippen MR) is 81.5 cm³/mol. The first-order valence-corrected chi connectivity index (χ1v) is 7.42. The molecule has 8 nitrogen and oxygen atoms in total. The summed E-state index contributed by atoms with van der Waals surface area (Å²) in [5.41, 5.74) is 6.63. The van der Waals surface area contributed by atoms with E-state index in [1.165, 1.54) is 6.33 Å². The Bertz CT molecular complexity index is 727. The van der Waals surface area contributed by atoms with Gasteiger partial charge in [0.15, 0.2) is 0 Å². The number of alkyl halides is 1. The molecule has 0 spiro atoms. The normalized spacial score (nSPS) is 28.9. The first kappa shape index (κ1) is 14.5. The van der Waals surface area contributed by atoms with Gasteiger partial charge < -0.3 is 25.3 Å². The van der Waals surface area contributed by atoms with Crippen LogP contribution in [0.2, 0.25) is 0 Å². The van der Waals surface area contributed by atoms with E-state index in [9.17, 15) is 15.5 Å². The molecule has 21 heavy (non-hydrogen) atoms. The second-order valence-corrected chi connectivity index (χ2v) is 6.14. The predicted octanol–water partition coefficient (Wildman–Crippen LogP) is -0.0606. The maximum absolute atomic E-state index is 10.1. The fraction of sp³-hybridized carbons (Fsp3) is 0.417. The Hall–Kier alpha value is -1.48. The third-order valence-electron chi connectivity index (χ3n) is 3.51. The van der Waals surface area contributed by atoms with Crippen LogP contribution in [0.3, 0.4) is 0 Å². The summed E-state index contributed by atoms with van der Waals surface area (Å²) in [6.07, 6.45) is 0.878. The lowest BCUT2D eigenvalue weighted by molar-refractivity contribution is -0.0428. The molecule has 4 N–H and O–H groups in total. The highest BCUT2D eigenvalue weighted by atomic mass is 127. The Labute approximate surface area is 133 Å². The summed E-state index contributed by atoms with van der Waals surface area (Å²) < 4.78 is 7.03. The van der Waals surface area contributed by atoms with Crippen molar-refractivity contribution in [2.75, 3.05) is 12.3 Å². The summed E-state index contributed by atoms with van der Waals surface area (Å²) in [5, 5.41) is 29.0. The minimum atomic E-state index is -0.803. The molecular weight excluding hydrogens is 389 g/mol. The van der Waals surface area contributed by atoms with Gasteiger partial charge >= 0.3 is 0 Å². The number of anilines is 1. The molecule has 9 heteroatoms. The molecule has 3 rings (SSSR count). The zero-order chi connectivity index (χ0) is 15.1. The second-order valence-electron chi connectivity index (χ2n) is 4.70. The number of ether oxygens (including phenoxy) is 1. The van der Waals surface area contributed by atoms with Crippen LogP contribution in [0.4, 0.5) is 5.82 Å². The molecule has 2 aromatic heterocycles. The monoisotopic (exact) mass is 401 g/mol. The zero-order valence-electron chi connectivity index (χ0n) is 10.7. The molecule has 2 aromatic rings. The van der Waals surface area contributed by atoms with Crippen LogP contribution in [0, 0.1) is 11.3 Å². The van der Waals surface area contributed by atoms with Gasteiger partial charge in [-0.15, -0.1) is 0 Å². The fourth-order valence-corrected chi connectivity index (χ4v) is 3.44. The fourth-order valence-electron chi connectivity index (χ4n) is 2.47. The summed E-state index contributed by atoms with van der Waals surface area (Å²) in [4.78, 5) is 8.05. The lowest BCUT2D eigenvalue weighted by Crippen LogP contribution is -2.29. The largest absolute Gasteiger partial charge is 0.394 e. The van der Waals surface area contributed by atoms with Crippen molar-refractivity contribution in [2.45, 2.75) is 22.4 Å². The van der Waals surface area contributed by atoms with Crippen LogP contribution >= 0.6 is 22.6 Å². The minimum absolute atomic E-state index is 0.220. The quantitative estimate of drug-likeness (QED) is 0.475. The molecule has 0 radical (unpaired) electrons. The summed E-state index contributed by atoms with van der Waals surface area (Å²) in [7, 11) is 0. The van der Waals surface area contributed by atoms with Crippen molar-refractivity contribution in [2.24, 2.45) is 0 Å². The topological polar surface area (TPSA) is 130 Å². The Morgan fingerprint density at radius 1 is 1.52 bits per heavy atom. The maximum Gasteiger partial charge on any atom is 0.150 e. The van der Waals surface area contributed by atoms with Crippen molar-refractivity contribution in [3.63, 3.8) is 0 Å². The van der Waals surface area contributed by atoms with E-state index in [0.29, 0.717) is 16.6 Å². The molecule has 1 aliphatic rings. The molecule has 0 bridgehead atoms. The van der Waals surface area contributed by atoms with E-state index in [-0.39, 0.29) is 16.3 Å². The molecule has 1 fully saturated rings. The van der Waals surface area contributed by atoms with Gasteiger partial charge in [0.25, 0.3) is 0 Å². The number of rotatable bonds is 2. The molecule has 3 heterocycles. The van der Waals surface area contributed by atoms with Gasteiger partial charge in [-0.1, -0.05) is 22.6 Å². The van der Waals surface area contributed by atoms with Gasteiger partial charge in [0.1, 0.15) is 36.2 Å². The van der Waals surface area contributed by atoms with Gasteiger partial charge in [-0.3, -0.25) is 0 Å². The van der Waals surface area contributed by atoms with E-state index in [0.717, 1.165) is 0 Å². The number of nitrogen functional groups attached to an aromatic ring is 1. The van der Waals surface area contributed by atoms with Gasteiger partial charge in [-0.25, -0.2) is 9.97 Å². The smallest absolute Gasteiger partial charge is 0.150 e. The summed E-state index contributed by atoms with van der Waals surface area (Å²) >= 11 is 2.06. The third kappa shape index (κ3) is 2.15. The first-order valence-electron chi connectivity index (χ1n) is 6.18. The Balaban J connectivity index is 2.14. The van der Waals surface area contributed by atoms with Gasteiger partial charge in [0.05, 0.1) is 27.6 Å². The number of aromatic nitrogens is 3. The average molecular weight is 401 g/mol. The van der Waals surface area contributed by atoms with E-state index in [2.05, 4.69) is 38.6 Å². The third-order valence-corrected chi connectivity index (χ3v) is 4.86. The van der Waals surface area contributed by atoms with E-state index < -0.39 is 18.4 Å². The summed E-state index contributed by atoms with van der Waals surface area (Å²) in [6.45, 7) is -0.279. The number of nitrogens with two attached hydrogens (primary N) is 1. The number of nitriles is 1. The van der Waals surface area contributed by atoms with Crippen LogP contribution in [0.15, 0.2) is 12.5 Å². The van der Waals surface area contributed by atoms with Crippen LogP contribution < -0.4 is 5.73 Å². The van der Waals surface area contributed by atoms with Gasteiger partial charge in [0, 0.05) is 6.20 Å². The Morgan fingerprint density at radius 3 is 2.90 bits per heavy atom. The minimum Gasteiger partial charge on any atom is -0.394 e. The number of nitrogens with zero attached hydrogens (tertiary/aromatic N) is 4. The molecule has 1 aliphatic heterocycles. The van der Waals surface area contributed by atoms with Gasteiger partial charge in [0.2, 0.25) is 0 Å². The molecule has 110 valence electrons. The summed E-state index contributed by atoms with van der Waals surface area (Å²) in [6, 6.07) is 2.06. The number of halogens is 1. The van der Waals surface area contributed by atoms with Crippen molar-refractivity contribution in [3.8, 4) is 6.07 Å². The highest BCUT2D eigenvalue weighted by molar-refractivity contribution is 14.1. The zero-order valence-corrected chi connectivity index (χ0v) is 12.9. The molecule has 0 amide bonds. The number of aliphatic hydroxyl groups is 2.